The zero-order valence-corrected chi connectivity index (χ0v) is 14.8. The first kappa shape index (κ1) is 15.8. The van der Waals surface area contributed by atoms with Gasteiger partial charge in [-0.15, -0.1) is 10.2 Å². The van der Waals surface area contributed by atoms with Gasteiger partial charge in [0.25, 0.3) is 5.91 Å². The van der Waals surface area contributed by atoms with E-state index in [0.29, 0.717) is 6.04 Å². The van der Waals surface area contributed by atoms with Gasteiger partial charge in [-0.3, -0.25) is 4.79 Å². The minimum atomic E-state index is -0.722. The number of halogens is 1. The number of aromatic nitrogens is 4. The van der Waals surface area contributed by atoms with Crippen molar-refractivity contribution in [3.63, 3.8) is 0 Å². The monoisotopic (exact) mass is 401 g/mol. The Balaban J connectivity index is 1.81. The van der Waals surface area contributed by atoms with Crippen molar-refractivity contribution < 1.29 is 4.79 Å². The molecule has 1 aromatic carbocycles. The van der Waals surface area contributed by atoms with Crippen molar-refractivity contribution in [3.8, 4) is 0 Å². The van der Waals surface area contributed by atoms with Crippen molar-refractivity contribution in [2.45, 2.75) is 25.3 Å². The summed E-state index contributed by atoms with van der Waals surface area (Å²) in [4.78, 5) is 15.6. The molecule has 1 amide bonds. The van der Waals surface area contributed by atoms with Gasteiger partial charge < -0.3 is 21.4 Å². The van der Waals surface area contributed by atoms with Gasteiger partial charge in [-0.1, -0.05) is 15.9 Å². The summed E-state index contributed by atoms with van der Waals surface area (Å²) in [5.41, 5.74) is 12.8. The minimum Gasteiger partial charge on any atom is -0.366 e. The average Bonchev–Trinajstić information content (AvgIpc) is 2.89. The second-order valence-corrected chi connectivity index (χ2v) is 6.97. The van der Waals surface area contributed by atoms with E-state index in [1.807, 2.05) is 12.1 Å². The third kappa shape index (κ3) is 2.80. The fraction of sp³-hybridized carbons (Fsp3) is 0.250. The number of rotatable bonds is 4. The second-order valence-electron chi connectivity index (χ2n) is 6.05. The van der Waals surface area contributed by atoms with Gasteiger partial charge in [0.15, 0.2) is 11.5 Å². The van der Waals surface area contributed by atoms with Gasteiger partial charge in [-0.05, 0) is 37.5 Å². The number of hydrogen-bond acceptors (Lipinski definition) is 6. The van der Waals surface area contributed by atoms with Crippen LogP contribution >= 0.6 is 15.9 Å². The molecule has 9 heteroatoms. The molecule has 1 fully saturated rings. The predicted molar refractivity (Wildman–Crippen MR) is 98.6 cm³/mol. The van der Waals surface area contributed by atoms with Crippen molar-refractivity contribution in [3.05, 3.63) is 34.6 Å². The molecule has 0 radical (unpaired) electrons. The highest BCUT2D eigenvalue weighted by atomic mass is 79.9. The number of carbonyl (C=O) groups excluding carboxylic acids is 1. The number of nitrogens with one attached hydrogen (secondary N) is 1. The highest BCUT2D eigenvalue weighted by Gasteiger charge is 2.22. The van der Waals surface area contributed by atoms with Crippen molar-refractivity contribution in [1.82, 2.24) is 19.7 Å². The number of amides is 1. The van der Waals surface area contributed by atoms with E-state index in [2.05, 4.69) is 53.3 Å². The topological polar surface area (TPSA) is 125 Å². The highest BCUT2D eigenvalue weighted by Crippen LogP contribution is 2.38. The lowest BCUT2D eigenvalue weighted by Crippen LogP contribution is -2.18. The number of nitrogens with zero attached hydrogens (tertiary/aromatic N) is 4. The molecule has 0 saturated heterocycles. The minimum absolute atomic E-state index is 0.0363. The summed E-state index contributed by atoms with van der Waals surface area (Å²) in [7, 11) is 0. The van der Waals surface area contributed by atoms with Crippen LogP contribution in [0, 0.1) is 0 Å². The van der Waals surface area contributed by atoms with E-state index in [1.165, 1.54) is 19.3 Å². The smallest absolute Gasteiger partial charge is 0.273 e. The molecule has 1 saturated carbocycles. The third-order valence-electron chi connectivity index (χ3n) is 4.46. The number of anilines is 3. The van der Waals surface area contributed by atoms with Gasteiger partial charge in [-0.25, -0.2) is 0 Å². The number of nitrogens with two attached hydrogens (primary N) is 2. The van der Waals surface area contributed by atoms with E-state index >= 15 is 0 Å². The van der Waals surface area contributed by atoms with E-state index in [4.69, 9.17) is 11.5 Å². The Morgan fingerprint density at radius 3 is 2.80 bits per heavy atom. The van der Waals surface area contributed by atoms with Gasteiger partial charge >= 0.3 is 0 Å². The first-order valence-corrected chi connectivity index (χ1v) is 8.69. The standard InChI is InChI=1S/C16H16BrN7O/c17-8-6-11(20-15-13(14(18)25)22-23-16(19)21-15)10-4-5-24(12(10)7-8)9-2-1-3-9/h4-7,9H,1-3H2,(H2,18,25)(H3,19,20,21,23). The molecule has 8 nitrogen and oxygen atoms in total. The summed E-state index contributed by atoms with van der Waals surface area (Å²) in [5, 5.41) is 11.5. The highest BCUT2D eigenvalue weighted by molar-refractivity contribution is 9.10. The van der Waals surface area contributed by atoms with Gasteiger partial charge in [0, 0.05) is 22.1 Å². The van der Waals surface area contributed by atoms with Gasteiger partial charge in [0.05, 0.1) is 11.2 Å². The molecule has 0 bridgehead atoms. The number of primary amides is 1. The molecular formula is C16H16BrN7O. The maximum atomic E-state index is 11.6. The number of nitrogen functional groups attached to an aromatic ring is 1. The van der Waals surface area contributed by atoms with E-state index in [-0.39, 0.29) is 17.5 Å². The molecule has 128 valence electrons. The van der Waals surface area contributed by atoms with Crippen LogP contribution in [0.3, 0.4) is 0 Å². The molecule has 4 rings (SSSR count). The SMILES string of the molecule is NC(=O)c1nnc(N)nc1Nc1cc(Br)cc2c1ccn2C1CCC1. The molecule has 0 unspecified atom stereocenters. The molecule has 2 aromatic heterocycles. The normalized spacial score (nSPS) is 14.4. The zero-order valence-electron chi connectivity index (χ0n) is 13.2. The molecule has 1 aliphatic rings. The van der Waals surface area contributed by atoms with Crippen LogP contribution < -0.4 is 16.8 Å². The fourth-order valence-electron chi connectivity index (χ4n) is 3.03. The number of fused-ring (bicyclic) bond motifs is 1. The first-order chi connectivity index (χ1) is 12.0. The maximum Gasteiger partial charge on any atom is 0.273 e. The van der Waals surface area contributed by atoms with Crippen LogP contribution in [0.15, 0.2) is 28.9 Å². The molecule has 5 N–H and O–H groups in total. The predicted octanol–water partition coefficient (Wildman–Crippen LogP) is 2.74. The number of benzene rings is 1. The van der Waals surface area contributed by atoms with Crippen molar-refractivity contribution in [2.24, 2.45) is 5.73 Å². The van der Waals surface area contributed by atoms with Crippen LogP contribution in [0.1, 0.15) is 35.8 Å². The first-order valence-electron chi connectivity index (χ1n) is 7.90. The summed E-state index contributed by atoms with van der Waals surface area (Å²) in [6.07, 6.45) is 5.74. The van der Waals surface area contributed by atoms with Crippen LogP contribution in [0.5, 0.6) is 0 Å². The quantitative estimate of drug-likeness (QED) is 0.616. The molecule has 3 aromatic rings. The van der Waals surface area contributed by atoms with E-state index in [0.717, 1.165) is 21.1 Å². The maximum absolute atomic E-state index is 11.6. The van der Waals surface area contributed by atoms with Crippen LogP contribution in [0.2, 0.25) is 0 Å². The van der Waals surface area contributed by atoms with Crippen LogP contribution in [-0.2, 0) is 0 Å². The Labute approximate surface area is 151 Å². The Morgan fingerprint density at radius 2 is 2.12 bits per heavy atom. The number of hydrogen-bond donors (Lipinski definition) is 3. The van der Waals surface area contributed by atoms with Crippen LogP contribution in [0.25, 0.3) is 10.9 Å². The summed E-state index contributed by atoms with van der Waals surface area (Å²) < 4.78 is 3.20. The van der Waals surface area contributed by atoms with Gasteiger partial charge in [-0.2, -0.15) is 4.98 Å². The summed E-state index contributed by atoms with van der Waals surface area (Å²) in [6, 6.07) is 6.58. The molecule has 0 atom stereocenters. The largest absolute Gasteiger partial charge is 0.366 e. The molecular weight excluding hydrogens is 386 g/mol. The third-order valence-corrected chi connectivity index (χ3v) is 4.92. The lowest BCUT2D eigenvalue weighted by atomic mass is 9.93. The summed E-state index contributed by atoms with van der Waals surface area (Å²) in [5.74, 6) is -0.567. The van der Waals surface area contributed by atoms with E-state index in [1.54, 1.807) is 0 Å². The van der Waals surface area contributed by atoms with Crippen molar-refractivity contribution in [1.29, 1.82) is 0 Å². The molecule has 2 heterocycles. The lowest BCUT2D eigenvalue weighted by Gasteiger charge is -2.28. The molecule has 0 spiro atoms. The lowest BCUT2D eigenvalue weighted by molar-refractivity contribution is 0.0995. The number of carbonyl (C=O) groups is 1. The Morgan fingerprint density at radius 1 is 1.32 bits per heavy atom. The Hall–Kier alpha value is -2.68. The molecule has 1 aliphatic carbocycles. The summed E-state index contributed by atoms with van der Waals surface area (Å²) in [6.45, 7) is 0. The van der Waals surface area contributed by atoms with Crippen LogP contribution in [0.4, 0.5) is 17.5 Å². The van der Waals surface area contributed by atoms with Crippen molar-refractivity contribution in [2.75, 3.05) is 11.1 Å². The molecule has 0 aliphatic heterocycles. The summed E-state index contributed by atoms with van der Waals surface area (Å²) >= 11 is 3.55. The van der Waals surface area contributed by atoms with Crippen LogP contribution in [-0.4, -0.2) is 25.7 Å². The van der Waals surface area contributed by atoms with Crippen molar-refractivity contribution >= 4 is 50.2 Å². The second kappa shape index (κ2) is 5.99. The van der Waals surface area contributed by atoms with E-state index in [9.17, 15) is 4.79 Å². The van der Waals surface area contributed by atoms with Gasteiger partial charge in [0.2, 0.25) is 5.95 Å². The average molecular weight is 402 g/mol. The van der Waals surface area contributed by atoms with Gasteiger partial charge in [0.1, 0.15) is 0 Å². The Kier molecular flexibility index (Phi) is 3.79. The zero-order chi connectivity index (χ0) is 17.6. The Bertz CT molecular complexity index is 980. The fourth-order valence-corrected chi connectivity index (χ4v) is 3.48. The van der Waals surface area contributed by atoms with E-state index < -0.39 is 5.91 Å². The molecule has 25 heavy (non-hydrogen) atoms.